The first-order chi connectivity index (χ1) is 49.1. The predicted molar refractivity (Wildman–Crippen MR) is 419 cm³/mol. The number of fused-ring (bicyclic) bond motifs is 4. The first kappa shape index (κ1) is 60.7. The molecule has 15 aromatic rings. The molecule has 0 fully saturated rings. The third kappa shape index (κ3) is 10.2. The Morgan fingerprint density at radius 3 is 0.808 bits per heavy atom. The second kappa shape index (κ2) is 25.9. The summed E-state index contributed by atoms with van der Waals surface area (Å²) in [5.74, 6) is 0. The van der Waals surface area contributed by atoms with Crippen LogP contribution in [-0.4, -0.2) is 33.2 Å². The van der Waals surface area contributed by atoms with Crippen molar-refractivity contribution in [2.45, 2.75) is 0 Å². The monoisotopic (exact) mass is 1380 g/mol. The van der Waals surface area contributed by atoms with Crippen LogP contribution in [-0.2, 0) is 0 Å². The molecule has 0 saturated carbocycles. The van der Waals surface area contributed by atoms with Crippen molar-refractivity contribution in [1.29, 1.82) is 10.5 Å². The van der Waals surface area contributed by atoms with Gasteiger partial charge in [-0.15, -0.1) is 0 Å². The van der Waals surface area contributed by atoms with E-state index in [9.17, 15) is 10.5 Å². The van der Waals surface area contributed by atoms with E-state index in [1.54, 1.807) is 0 Å². The van der Waals surface area contributed by atoms with Crippen LogP contribution in [0.3, 0.4) is 0 Å². The molecule has 4 nitrogen and oxygen atoms in total. The molecule has 0 bridgehead atoms. The topological polar surface area (TPSA) is 54.1 Å². The van der Waals surface area contributed by atoms with Crippen molar-refractivity contribution in [2.75, 3.05) is 9.80 Å². The van der Waals surface area contributed by atoms with Crippen LogP contribution in [0.2, 0.25) is 0 Å². The number of rotatable bonds is 14. The molecule has 15 aromatic carbocycles. The molecule has 2 aliphatic rings. The molecule has 2 heterocycles. The maximum absolute atomic E-state index is 11.1. The van der Waals surface area contributed by atoms with E-state index in [2.05, 4.69) is 392 Å². The van der Waals surface area contributed by atoms with Gasteiger partial charge in [0.1, 0.15) is 0 Å². The molecule has 0 aromatic heterocycles. The molecule has 0 radical (unpaired) electrons. The van der Waals surface area contributed by atoms with Gasteiger partial charge in [0.15, 0.2) is 0 Å². The molecule has 0 aliphatic carbocycles. The Labute approximate surface area is 584 Å². The van der Waals surface area contributed by atoms with Crippen LogP contribution in [0.5, 0.6) is 0 Å². The SMILES string of the molecule is N#Cc1ccc2c(c1)B1c3cc(C#N)ccc3N(c3c(-c4ccccc4)cccc3-c3ccc[c]([Ge]([c]4ccccc4)([c]4ccccc4)[c]4ccccc4)c3)c3cccc(c31)N2c1c(-c2ccccc2)cccc1-c1ccc[c]([Ge]([c]2ccccc2)([c]2ccccc2)[c]2ccccc2)c1. The van der Waals surface area contributed by atoms with Crippen LogP contribution >= 0.6 is 0 Å². The van der Waals surface area contributed by atoms with Gasteiger partial charge in [0.2, 0.25) is 0 Å². The first-order valence-electron chi connectivity index (χ1n) is 33.8. The van der Waals surface area contributed by atoms with Crippen molar-refractivity contribution in [3.05, 3.63) is 393 Å². The molecule has 0 N–H and O–H groups in total. The van der Waals surface area contributed by atoms with Crippen molar-refractivity contribution < 1.29 is 0 Å². The average Bonchev–Trinajstić information content (AvgIpc) is 0.694. The van der Waals surface area contributed by atoms with E-state index < -0.39 is 33.2 Å². The van der Waals surface area contributed by atoms with Gasteiger partial charge in [-0.25, -0.2) is 0 Å². The molecule has 462 valence electrons. The van der Waals surface area contributed by atoms with Crippen molar-refractivity contribution in [3.8, 4) is 56.6 Å². The summed E-state index contributed by atoms with van der Waals surface area (Å²) in [4.78, 5) is 5.01. The Morgan fingerprint density at radius 2 is 0.495 bits per heavy atom. The van der Waals surface area contributed by atoms with Crippen LogP contribution in [0.1, 0.15) is 11.1 Å². The zero-order valence-corrected chi connectivity index (χ0v) is 58.4. The van der Waals surface area contributed by atoms with Gasteiger partial charge in [-0.3, -0.25) is 0 Å². The Morgan fingerprint density at radius 1 is 0.232 bits per heavy atom. The predicted octanol–water partition coefficient (Wildman–Crippen LogP) is 14.9. The molecule has 17 rings (SSSR count). The van der Waals surface area contributed by atoms with Crippen LogP contribution in [0.4, 0.5) is 34.1 Å². The standard InChI is InChI=1S/C92H63BGe2N4/c96-64-66-56-58-86-84(60-66)93-85-61-67(65-97)57-59-87(85)99(92-81(69-32-11-2-12-33-69)51-28-53-83(92)71-35-26-49-79(63-71)95(75-42-19-6-20-43-75,76-44-21-7-22-45-76)77-46-23-8-24-47-77)89-55-29-54-88(90(89)93)98(86)91-80(68-30-9-1-10-31-68)50-27-52-82(91)70-34-25-48-78(62-70)94(72-36-13-3-14-37-72,73-38-15-4-16-39-73)74-40-17-5-18-41-74/h1-63H. The molecule has 0 amide bonds. The molecular formula is C92H63BGe2N4. The summed E-state index contributed by atoms with van der Waals surface area (Å²) < 4.78 is 10.7. The van der Waals surface area contributed by atoms with Gasteiger partial charge >= 0.3 is 589 Å². The number of anilines is 6. The fraction of sp³-hybridized carbons (Fsp3) is 0. The Bertz CT molecular complexity index is 5060. The van der Waals surface area contributed by atoms with E-state index in [-0.39, 0.29) is 0 Å². The summed E-state index contributed by atoms with van der Waals surface area (Å²) in [5, 5.41) is 22.1. The van der Waals surface area contributed by atoms with E-state index in [1.807, 2.05) is 12.1 Å². The number of hydrogen-bond donors (Lipinski definition) is 0. The second-order valence-electron chi connectivity index (χ2n) is 25.6. The van der Waals surface area contributed by atoms with Gasteiger partial charge in [-0.1, -0.05) is 0 Å². The zero-order chi connectivity index (χ0) is 66.3. The van der Waals surface area contributed by atoms with E-state index in [4.69, 9.17) is 0 Å². The van der Waals surface area contributed by atoms with Gasteiger partial charge in [-0.05, 0) is 0 Å². The van der Waals surface area contributed by atoms with Crippen LogP contribution < -0.4 is 61.4 Å². The summed E-state index contributed by atoms with van der Waals surface area (Å²) in [5.41, 5.74) is 18.7. The summed E-state index contributed by atoms with van der Waals surface area (Å²) in [7, 11) is 0. The van der Waals surface area contributed by atoms with Gasteiger partial charge in [0, 0.05) is 0 Å². The molecule has 0 saturated heterocycles. The van der Waals surface area contributed by atoms with Gasteiger partial charge in [-0.2, -0.15) is 0 Å². The molecular weight excluding hydrogens is 1320 g/mol. The quantitative estimate of drug-likeness (QED) is 0.102. The van der Waals surface area contributed by atoms with Crippen molar-refractivity contribution in [2.24, 2.45) is 0 Å². The summed E-state index contributed by atoms with van der Waals surface area (Å²) in [6.45, 7) is -0.394. The Kier molecular flexibility index (Phi) is 15.9. The van der Waals surface area contributed by atoms with Crippen LogP contribution in [0.25, 0.3) is 44.5 Å². The normalized spacial score (nSPS) is 12.2. The van der Waals surface area contributed by atoms with Crippen molar-refractivity contribution in [1.82, 2.24) is 0 Å². The van der Waals surface area contributed by atoms with Gasteiger partial charge < -0.3 is 0 Å². The number of hydrogen-bond acceptors (Lipinski definition) is 4. The summed E-state index contributed by atoms with van der Waals surface area (Å²) in [6.07, 6.45) is 0. The van der Waals surface area contributed by atoms with Gasteiger partial charge in [0.25, 0.3) is 0 Å². The average molecular weight is 1380 g/mol. The van der Waals surface area contributed by atoms with Crippen LogP contribution in [0, 0.1) is 22.7 Å². The number of nitrogens with zero attached hydrogens (tertiary/aromatic N) is 4. The molecule has 0 unspecified atom stereocenters. The molecule has 2 aliphatic heterocycles. The van der Waals surface area contributed by atoms with E-state index >= 15 is 0 Å². The fourth-order valence-electron chi connectivity index (χ4n) is 16.3. The maximum atomic E-state index is 11.1. The Hall–Kier alpha value is -12.0. The molecule has 7 heteroatoms. The molecule has 99 heavy (non-hydrogen) atoms. The minimum atomic E-state index is -3.81. The molecule has 0 atom stereocenters. The van der Waals surface area contributed by atoms with E-state index in [0.717, 1.165) is 95.0 Å². The van der Waals surface area contributed by atoms with E-state index in [0.29, 0.717) is 11.1 Å². The van der Waals surface area contributed by atoms with E-state index in [1.165, 1.54) is 35.2 Å². The summed E-state index contributed by atoms with van der Waals surface area (Å²) >= 11 is -7.63. The number of benzene rings is 15. The number of nitriles is 2. The van der Waals surface area contributed by atoms with Crippen LogP contribution in [0.15, 0.2) is 382 Å². The zero-order valence-electron chi connectivity index (χ0n) is 54.2. The molecule has 0 spiro atoms. The summed E-state index contributed by atoms with van der Waals surface area (Å²) in [6, 6.07) is 146. The fourth-order valence-corrected chi connectivity index (χ4v) is 36.4. The Balaban J connectivity index is 0.943. The third-order valence-corrected chi connectivity index (χ3v) is 40.4. The minimum absolute atomic E-state index is 0.394. The first-order valence-corrected chi connectivity index (χ1v) is 42.2. The second-order valence-corrected chi connectivity index (χ2v) is 41.6. The third-order valence-electron chi connectivity index (χ3n) is 20.4. The van der Waals surface area contributed by atoms with Gasteiger partial charge in [0.05, 0.1) is 0 Å². The number of para-hydroxylation sites is 2. The van der Waals surface area contributed by atoms with Crippen molar-refractivity contribution >= 4 is 119 Å². The van der Waals surface area contributed by atoms with Crippen molar-refractivity contribution in [3.63, 3.8) is 0 Å².